The number of benzene rings is 1. The zero-order chi connectivity index (χ0) is 17.1. The fourth-order valence-corrected chi connectivity index (χ4v) is 2.23. The van der Waals surface area contributed by atoms with Crippen molar-refractivity contribution in [3.05, 3.63) is 41.6 Å². The van der Waals surface area contributed by atoms with Crippen molar-refractivity contribution in [3.8, 4) is 5.69 Å². The maximum absolute atomic E-state index is 14.0. The van der Waals surface area contributed by atoms with Gasteiger partial charge in [-0.15, -0.1) is 5.10 Å². The van der Waals surface area contributed by atoms with Gasteiger partial charge in [0.05, 0.1) is 6.54 Å². The first kappa shape index (κ1) is 16.0. The summed E-state index contributed by atoms with van der Waals surface area (Å²) in [5.74, 6) is 1.72. The first-order valence-electron chi connectivity index (χ1n) is 7.63. The summed E-state index contributed by atoms with van der Waals surface area (Å²) in [6.45, 7) is 6.24. The average Bonchev–Trinajstić information content (AvgIpc) is 3.15. The lowest BCUT2D eigenvalue weighted by Crippen LogP contribution is -2.05. The Morgan fingerprint density at radius 3 is 2.88 bits per heavy atom. The number of anilines is 1. The second-order valence-corrected chi connectivity index (χ2v) is 5.86. The highest BCUT2D eigenvalue weighted by atomic mass is 19.1. The molecule has 0 saturated heterocycles. The van der Waals surface area contributed by atoms with Crippen molar-refractivity contribution in [1.82, 2.24) is 30.3 Å². The van der Waals surface area contributed by atoms with Crippen LogP contribution >= 0.6 is 0 Å². The van der Waals surface area contributed by atoms with Crippen molar-refractivity contribution >= 4 is 5.69 Å². The SMILES string of the molecule is Cc1nnnn1-c1cc(NCc2nc(CC(C)C)no2)ccc1F. The second-order valence-electron chi connectivity index (χ2n) is 5.86. The third-order valence-electron chi connectivity index (χ3n) is 3.34. The molecule has 9 heteroatoms. The summed E-state index contributed by atoms with van der Waals surface area (Å²) >= 11 is 0. The molecule has 0 radical (unpaired) electrons. The van der Waals surface area contributed by atoms with Gasteiger partial charge in [0.2, 0.25) is 5.89 Å². The molecule has 0 amide bonds. The van der Waals surface area contributed by atoms with Crippen LogP contribution in [0.3, 0.4) is 0 Å². The van der Waals surface area contributed by atoms with Gasteiger partial charge < -0.3 is 9.84 Å². The van der Waals surface area contributed by atoms with Crippen molar-refractivity contribution in [2.24, 2.45) is 5.92 Å². The van der Waals surface area contributed by atoms with E-state index in [1.807, 2.05) is 0 Å². The first-order valence-corrected chi connectivity index (χ1v) is 7.63. The van der Waals surface area contributed by atoms with E-state index in [4.69, 9.17) is 4.52 Å². The van der Waals surface area contributed by atoms with E-state index in [2.05, 4.69) is 44.8 Å². The van der Waals surface area contributed by atoms with Crippen molar-refractivity contribution in [1.29, 1.82) is 0 Å². The van der Waals surface area contributed by atoms with Crippen LogP contribution in [0.1, 0.15) is 31.4 Å². The topological polar surface area (TPSA) is 94.6 Å². The van der Waals surface area contributed by atoms with Gasteiger partial charge >= 0.3 is 0 Å². The predicted octanol–water partition coefficient (Wildman–Crippen LogP) is 2.30. The number of hydrogen-bond donors (Lipinski definition) is 1. The third kappa shape index (κ3) is 3.55. The van der Waals surface area contributed by atoms with E-state index in [1.165, 1.54) is 10.7 Å². The highest BCUT2D eigenvalue weighted by molar-refractivity contribution is 5.51. The molecule has 2 aromatic heterocycles. The second kappa shape index (κ2) is 6.73. The molecule has 0 spiro atoms. The Bertz CT molecular complexity index is 827. The van der Waals surface area contributed by atoms with Gasteiger partial charge in [0.25, 0.3) is 0 Å². The number of rotatable bonds is 6. The first-order chi connectivity index (χ1) is 11.5. The zero-order valence-corrected chi connectivity index (χ0v) is 13.7. The molecule has 1 N–H and O–H groups in total. The Balaban J connectivity index is 1.72. The van der Waals surface area contributed by atoms with Crippen LogP contribution < -0.4 is 5.32 Å². The molecule has 0 bridgehead atoms. The van der Waals surface area contributed by atoms with Crippen molar-refractivity contribution in [2.45, 2.75) is 33.7 Å². The number of hydrogen-bond acceptors (Lipinski definition) is 7. The minimum absolute atomic E-state index is 0.272. The summed E-state index contributed by atoms with van der Waals surface area (Å²) in [5, 5.41) is 18.1. The molecule has 0 saturated carbocycles. The molecule has 2 heterocycles. The molecule has 0 atom stereocenters. The van der Waals surface area contributed by atoms with Crippen LogP contribution in [0.15, 0.2) is 22.7 Å². The molecular formula is C15H18FN7O. The Labute approximate surface area is 138 Å². The quantitative estimate of drug-likeness (QED) is 0.740. The van der Waals surface area contributed by atoms with Gasteiger partial charge in [-0.05, 0) is 41.5 Å². The minimum Gasteiger partial charge on any atom is -0.376 e. The van der Waals surface area contributed by atoms with Crippen molar-refractivity contribution < 1.29 is 8.91 Å². The number of nitrogens with zero attached hydrogens (tertiary/aromatic N) is 6. The van der Waals surface area contributed by atoms with E-state index in [-0.39, 0.29) is 5.69 Å². The van der Waals surface area contributed by atoms with Crippen LogP contribution in [0, 0.1) is 18.7 Å². The smallest absolute Gasteiger partial charge is 0.245 e. The van der Waals surface area contributed by atoms with E-state index >= 15 is 0 Å². The molecular weight excluding hydrogens is 313 g/mol. The lowest BCUT2D eigenvalue weighted by Gasteiger charge is -2.08. The summed E-state index contributed by atoms with van der Waals surface area (Å²) in [5.41, 5.74) is 0.971. The Morgan fingerprint density at radius 2 is 2.17 bits per heavy atom. The van der Waals surface area contributed by atoms with Crippen LogP contribution in [-0.4, -0.2) is 30.3 Å². The molecule has 126 valence electrons. The average molecular weight is 331 g/mol. The molecule has 3 rings (SSSR count). The van der Waals surface area contributed by atoms with Crippen molar-refractivity contribution in [2.75, 3.05) is 5.32 Å². The molecule has 1 aromatic carbocycles. The number of nitrogens with one attached hydrogen (secondary N) is 1. The van der Waals surface area contributed by atoms with E-state index in [0.29, 0.717) is 35.7 Å². The fraction of sp³-hybridized carbons (Fsp3) is 0.400. The number of halogens is 1. The molecule has 3 aromatic rings. The van der Waals surface area contributed by atoms with Crippen LogP contribution in [0.5, 0.6) is 0 Å². The van der Waals surface area contributed by atoms with Gasteiger partial charge in [-0.1, -0.05) is 19.0 Å². The monoisotopic (exact) mass is 331 g/mol. The van der Waals surface area contributed by atoms with Crippen LogP contribution in [0.2, 0.25) is 0 Å². The van der Waals surface area contributed by atoms with Crippen LogP contribution in [0.4, 0.5) is 10.1 Å². The van der Waals surface area contributed by atoms with Crippen molar-refractivity contribution in [3.63, 3.8) is 0 Å². The van der Waals surface area contributed by atoms with Gasteiger partial charge in [-0.25, -0.2) is 4.39 Å². The fourth-order valence-electron chi connectivity index (χ4n) is 2.23. The highest BCUT2D eigenvalue weighted by Gasteiger charge is 2.12. The Morgan fingerprint density at radius 1 is 1.33 bits per heavy atom. The number of aryl methyl sites for hydroxylation is 1. The van der Waals surface area contributed by atoms with Crippen LogP contribution in [0.25, 0.3) is 5.69 Å². The largest absolute Gasteiger partial charge is 0.376 e. The van der Waals surface area contributed by atoms with Crippen LogP contribution in [-0.2, 0) is 13.0 Å². The van der Waals surface area contributed by atoms with Gasteiger partial charge in [0, 0.05) is 12.1 Å². The summed E-state index contributed by atoms with van der Waals surface area (Å²) in [6, 6.07) is 4.62. The summed E-state index contributed by atoms with van der Waals surface area (Å²) in [6.07, 6.45) is 0.767. The molecule has 24 heavy (non-hydrogen) atoms. The summed E-state index contributed by atoms with van der Waals surface area (Å²) < 4.78 is 20.6. The van der Waals surface area contributed by atoms with Gasteiger partial charge in [0.1, 0.15) is 11.5 Å². The molecule has 0 aliphatic heterocycles. The standard InChI is InChI=1S/C15H18FN7O/c1-9(2)6-14-18-15(24-20-14)8-17-11-4-5-12(16)13(7-11)23-10(3)19-21-22-23/h4-5,7,9,17H,6,8H2,1-3H3. The molecule has 0 aliphatic carbocycles. The summed E-state index contributed by atoms with van der Waals surface area (Å²) in [7, 11) is 0. The molecule has 8 nitrogen and oxygen atoms in total. The molecule has 0 fully saturated rings. The number of aromatic nitrogens is 6. The van der Waals surface area contributed by atoms with Gasteiger partial charge in [-0.2, -0.15) is 9.67 Å². The Hall–Kier alpha value is -2.84. The normalized spacial score (nSPS) is 11.2. The maximum Gasteiger partial charge on any atom is 0.245 e. The van der Waals surface area contributed by atoms with E-state index < -0.39 is 5.82 Å². The molecule has 0 unspecified atom stereocenters. The minimum atomic E-state index is -0.409. The highest BCUT2D eigenvalue weighted by Crippen LogP contribution is 2.19. The lowest BCUT2D eigenvalue weighted by molar-refractivity contribution is 0.375. The van der Waals surface area contributed by atoms with Gasteiger partial charge in [-0.3, -0.25) is 0 Å². The van der Waals surface area contributed by atoms with E-state index in [9.17, 15) is 4.39 Å². The van der Waals surface area contributed by atoms with E-state index in [1.54, 1.807) is 19.1 Å². The maximum atomic E-state index is 14.0. The predicted molar refractivity (Wildman–Crippen MR) is 84.0 cm³/mol. The lowest BCUT2D eigenvalue weighted by atomic mass is 10.1. The summed E-state index contributed by atoms with van der Waals surface area (Å²) in [4.78, 5) is 4.32. The number of tetrazole rings is 1. The Kier molecular flexibility index (Phi) is 4.50. The third-order valence-corrected chi connectivity index (χ3v) is 3.34. The van der Waals surface area contributed by atoms with Gasteiger partial charge in [0.15, 0.2) is 11.6 Å². The zero-order valence-electron chi connectivity index (χ0n) is 13.7. The van der Waals surface area contributed by atoms with E-state index in [0.717, 1.165) is 6.42 Å². The molecule has 0 aliphatic rings.